The summed E-state index contributed by atoms with van der Waals surface area (Å²) in [5.41, 5.74) is 2.52. The third-order valence-electron chi connectivity index (χ3n) is 13.5. The van der Waals surface area contributed by atoms with Gasteiger partial charge in [0.15, 0.2) is 5.78 Å². The van der Waals surface area contributed by atoms with Crippen LogP contribution in [0, 0.1) is 23.7 Å². The molecule has 2 aliphatic heterocycles. The van der Waals surface area contributed by atoms with E-state index in [2.05, 4.69) is 22.9 Å². The van der Waals surface area contributed by atoms with Gasteiger partial charge in [-0.25, -0.2) is 13.4 Å². The smallest absolute Gasteiger partial charge is 0.241 e. The number of aryl methyl sites for hydroxylation is 1. The van der Waals surface area contributed by atoms with Gasteiger partial charge in [0, 0.05) is 47.3 Å². The Balaban J connectivity index is 1.15. The highest BCUT2D eigenvalue weighted by molar-refractivity contribution is 7.91. The molecule has 2 amide bonds. The SMILES string of the molecule is COc1ccc2c(O[C@@H]3C[C@H]4C(=O)C[C@]5(C(=O)NS(=O)(=O)C6(C)CC6)C[C@]5(C)/C=C\CCCCC[C@H](Cc5cccc(C)c5)C(=O)N4C3)cc(-c3ccccc3)nc2c1. The van der Waals surface area contributed by atoms with Crippen LogP contribution in [0.2, 0.25) is 0 Å². The van der Waals surface area contributed by atoms with Crippen molar-refractivity contribution in [3.63, 3.8) is 0 Å². The summed E-state index contributed by atoms with van der Waals surface area (Å²) in [6.45, 7) is 5.81. The fraction of sp³-hybridized carbons (Fsp3) is 0.458. The molecule has 0 spiro atoms. The van der Waals surface area contributed by atoms with Gasteiger partial charge in [0.1, 0.15) is 17.6 Å². The van der Waals surface area contributed by atoms with Crippen LogP contribution in [0.4, 0.5) is 0 Å². The van der Waals surface area contributed by atoms with Crippen molar-refractivity contribution in [2.24, 2.45) is 16.7 Å². The summed E-state index contributed by atoms with van der Waals surface area (Å²) < 4.78 is 40.6. The predicted octanol–water partition coefficient (Wildman–Crippen LogP) is 8.30. The van der Waals surface area contributed by atoms with Gasteiger partial charge in [-0.1, -0.05) is 92.1 Å². The van der Waals surface area contributed by atoms with Crippen LogP contribution >= 0.6 is 0 Å². The van der Waals surface area contributed by atoms with Crippen molar-refractivity contribution in [1.29, 1.82) is 0 Å². The lowest BCUT2D eigenvalue weighted by Gasteiger charge is -2.30. The van der Waals surface area contributed by atoms with Crippen molar-refractivity contribution >= 4 is 38.5 Å². The van der Waals surface area contributed by atoms with E-state index in [0.717, 1.165) is 47.8 Å². The standard InChI is InChI=1S/C48H55N3O7S/c1-32-14-13-15-33(24-32)25-35-18-9-6-5-7-12-21-46(2)31-48(46,45(54)50-59(55,56)47(3)22-23-47)29-42(52)41-27-37(30-51(41)44(35)53)58-43-28-39(34-16-10-8-11-17-34)49-40-26-36(57-4)19-20-38(40)43/h8,10-17,19-21,24,26,28,35,37,41H,5-7,9,18,22-23,25,27,29-31H2,1-4H3,(H,50,54)/b21-12-/t35-,37-,41+,46+,48-/m1/s1. The summed E-state index contributed by atoms with van der Waals surface area (Å²) in [5, 5.41) is 0.770. The number of hydrogen-bond donors (Lipinski definition) is 1. The first-order chi connectivity index (χ1) is 28.2. The molecule has 1 aromatic heterocycles. The molecule has 3 fully saturated rings. The fourth-order valence-corrected chi connectivity index (χ4v) is 10.6. The van der Waals surface area contributed by atoms with Crippen LogP contribution in [0.25, 0.3) is 22.2 Å². The van der Waals surface area contributed by atoms with Crippen molar-refractivity contribution in [2.75, 3.05) is 13.7 Å². The van der Waals surface area contributed by atoms with Gasteiger partial charge in [0.05, 0.1) is 41.1 Å². The lowest BCUT2D eigenvalue weighted by molar-refractivity contribution is -0.142. The third kappa shape index (κ3) is 8.15. The van der Waals surface area contributed by atoms with Gasteiger partial charge in [-0.3, -0.25) is 19.1 Å². The number of hydrogen-bond acceptors (Lipinski definition) is 8. The molecule has 2 saturated carbocycles. The van der Waals surface area contributed by atoms with Crippen LogP contribution in [0.3, 0.4) is 0 Å². The number of pyridine rings is 1. The largest absolute Gasteiger partial charge is 0.497 e. The Morgan fingerprint density at radius 1 is 0.966 bits per heavy atom. The van der Waals surface area contributed by atoms with Gasteiger partial charge < -0.3 is 14.4 Å². The molecule has 59 heavy (non-hydrogen) atoms. The van der Waals surface area contributed by atoms with Crippen molar-refractivity contribution in [1.82, 2.24) is 14.6 Å². The number of fused-ring (bicyclic) bond motifs is 3. The van der Waals surface area contributed by atoms with Gasteiger partial charge in [-0.05, 0) is 76.5 Å². The zero-order chi connectivity index (χ0) is 41.6. The van der Waals surface area contributed by atoms with E-state index in [9.17, 15) is 18.0 Å². The van der Waals surface area contributed by atoms with Gasteiger partial charge >= 0.3 is 0 Å². The van der Waals surface area contributed by atoms with Gasteiger partial charge in [0.25, 0.3) is 0 Å². The fourth-order valence-electron chi connectivity index (χ4n) is 9.30. The molecule has 1 N–H and O–H groups in total. The van der Waals surface area contributed by atoms with Crippen molar-refractivity contribution < 1.29 is 32.3 Å². The van der Waals surface area contributed by atoms with Crippen LogP contribution in [0.5, 0.6) is 11.5 Å². The zero-order valence-corrected chi connectivity index (χ0v) is 35.4. The lowest BCUT2D eigenvalue weighted by Crippen LogP contribution is -2.47. The summed E-state index contributed by atoms with van der Waals surface area (Å²) >= 11 is 0. The number of carbonyl (C=O) groups excluding carboxylic acids is 3. The number of amides is 2. The van der Waals surface area contributed by atoms with Gasteiger partial charge in [-0.15, -0.1) is 0 Å². The van der Waals surface area contributed by atoms with E-state index < -0.39 is 43.7 Å². The molecule has 0 radical (unpaired) electrons. The average Bonchev–Trinajstić information content (AvgIpc) is 4.06. The molecule has 1 saturated heterocycles. The maximum Gasteiger partial charge on any atom is 0.241 e. The van der Waals surface area contributed by atoms with E-state index in [-0.39, 0.29) is 37.0 Å². The summed E-state index contributed by atoms with van der Waals surface area (Å²) in [6.07, 6.45) is 9.61. The number of Topliss-reactive ketones (excluding diaryl/α,β-unsaturated/α-hetero) is 1. The second-order valence-electron chi connectivity index (χ2n) is 17.9. The van der Waals surface area contributed by atoms with Crippen LogP contribution in [-0.2, 0) is 30.8 Å². The number of nitrogens with one attached hydrogen (secondary N) is 1. The molecule has 3 aromatic carbocycles. The highest BCUT2D eigenvalue weighted by atomic mass is 32.2. The van der Waals surface area contributed by atoms with Gasteiger partial charge in [-0.2, -0.15) is 0 Å². The zero-order valence-electron chi connectivity index (χ0n) is 34.5. The van der Waals surface area contributed by atoms with Crippen molar-refractivity contribution in [2.45, 2.75) is 108 Å². The average molecular weight is 818 g/mol. The highest BCUT2D eigenvalue weighted by Gasteiger charge is 2.69. The molecule has 0 bridgehead atoms. The second kappa shape index (κ2) is 15.9. The van der Waals surface area contributed by atoms with Crippen LogP contribution in [0.1, 0.15) is 89.2 Å². The quantitative estimate of drug-likeness (QED) is 0.167. The Bertz CT molecular complexity index is 2410. The summed E-state index contributed by atoms with van der Waals surface area (Å²) in [7, 11) is -2.33. The number of sulfonamides is 1. The first-order valence-corrected chi connectivity index (χ1v) is 22.6. The number of methoxy groups -OCH3 is 1. The lowest BCUT2D eigenvalue weighted by atomic mass is 9.85. The summed E-state index contributed by atoms with van der Waals surface area (Å²) in [4.78, 5) is 50.9. The van der Waals surface area contributed by atoms with E-state index in [4.69, 9.17) is 14.5 Å². The minimum Gasteiger partial charge on any atom is -0.497 e. The molecule has 4 aliphatic rings. The summed E-state index contributed by atoms with van der Waals surface area (Å²) in [5.74, 6) is -0.121. The second-order valence-corrected chi connectivity index (χ2v) is 20.1. The number of rotatable bonds is 9. The molecule has 0 unspecified atom stereocenters. The first kappa shape index (κ1) is 40.7. The van der Waals surface area contributed by atoms with E-state index >= 15 is 4.79 Å². The van der Waals surface area contributed by atoms with Crippen molar-refractivity contribution in [3.05, 3.63) is 102 Å². The molecule has 11 heteroatoms. The molecule has 10 nitrogen and oxygen atoms in total. The highest BCUT2D eigenvalue weighted by Crippen LogP contribution is 2.67. The minimum absolute atomic E-state index is 0.0976. The Kier molecular flexibility index (Phi) is 11.0. The molecular weight excluding hydrogens is 763 g/mol. The van der Waals surface area contributed by atoms with E-state index in [1.54, 1.807) is 18.9 Å². The Labute approximate surface area is 347 Å². The molecule has 4 aromatic rings. The number of allylic oxidation sites excluding steroid dienone is 2. The molecule has 2 aliphatic carbocycles. The van der Waals surface area contributed by atoms with E-state index in [1.165, 1.54) is 0 Å². The van der Waals surface area contributed by atoms with E-state index in [0.29, 0.717) is 54.8 Å². The molecule has 3 heterocycles. The first-order valence-electron chi connectivity index (χ1n) is 21.1. The maximum absolute atomic E-state index is 15.0. The topological polar surface area (TPSA) is 132 Å². The third-order valence-corrected chi connectivity index (χ3v) is 15.6. The number of benzene rings is 3. The summed E-state index contributed by atoms with van der Waals surface area (Å²) in [6, 6.07) is 24.7. The maximum atomic E-state index is 15.0. The monoisotopic (exact) mass is 817 g/mol. The molecule has 310 valence electrons. The Morgan fingerprint density at radius 3 is 2.51 bits per heavy atom. The Morgan fingerprint density at radius 2 is 1.76 bits per heavy atom. The number of nitrogens with zero attached hydrogens (tertiary/aromatic N) is 2. The molecule has 8 rings (SSSR count). The van der Waals surface area contributed by atoms with Crippen LogP contribution in [0.15, 0.2) is 91.0 Å². The number of carbonyl (C=O) groups is 3. The number of ether oxygens (including phenoxy) is 2. The van der Waals surface area contributed by atoms with Gasteiger partial charge in [0.2, 0.25) is 21.8 Å². The van der Waals surface area contributed by atoms with Crippen LogP contribution in [-0.4, -0.2) is 66.4 Å². The van der Waals surface area contributed by atoms with E-state index in [1.807, 2.05) is 86.7 Å². The number of aromatic nitrogens is 1. The van der Waals surface area contributed by atoms with Crippen molar-refractivity contribution in [3.8, 4) is 22.8 Å². The molecule has 5 atom stereocenters. The predicted molar refractivity (Wildman–Crippen MR) is 228 cm³/mol. The van der Waals surface area contributed by atoms with Crippen LogP contribution < -0.4 is 14.2 Å². The minimum atomic E-state index is -3.95. The molecular formula is C48H55N3O7S. The Hall–Kier alpha value is -5.03. The normalized spacial score (nSPS) is 27.5. The number of ketones is 1.